The van der Waals surface area contributed by atoms with Crippen molar-refractivity contribution in [3.8, 4) is 5.75 Å². The summed E-state index contributed by atoms with van der Waals surface area (Å²) in [5, 5.41) is 1.03. The van der Waals surface area contributed by atoms with Gasteiger partial charge in [-0.2, -0.15) is 0 Å². The number of thiophene rings is 1. The maximum atomic E-state index is 5.90. The summed E-state index contributed by atoms with van der Waals surface area (Å²) in [4.78, 5) is 0.837. The van der Waals surface area contributed by atoms with Crippen LogP contribution in [0.25, 0.3) is 10.1 Å². The van der Waals surface area contributed by atoms with Crippen molar-refractivity contribution in [2.24, 2.45) is 0 Å². The molecule has 0 bridgehead atoms. The van der Waals surface area contributed by atoms with Crippen LogP contribution in [-0.4, -0.2) is 7.11 Å². The first kappa shape index (κ1) is 9.19. The van der Waals surface area contributed by atoms with Gasteiger partial charge in [-0.15, -0.1) is 24.0 Å². The van der Waals surface area contributed by atoms with Gasteiger partial charge in [0.2, 0.25) is 0 Å². The number of hydrogen-bond donors (Lipinski definition) is 1. The zero-order valence-corrected chi connectivity index (χ0v) is 9.34. The number of rotatable bonds is 1. The minimum Gasteiger partial charge on any atom is -0.495 e. The van der Waals surface area contributed by atoms with Crippen LogP contribution in [0.3, 0.4) is 0 Å². The van der Waals surface area contributed by atoms with Gasteiger partial charge in [0.25, 0.3) is 0 Å². The minimum absolute atomic E-state index is 0.771. The molecule has 0 N–H and O–H groups in total. The lowest BCUT2D eigenvalue weighted by atomic mass is 10.2. The predicted octanol–water partition coefficient (Wildman–Crippen LogP) is 3.85. The Morgan fingerprint density at radius 2 is 2.23 bits per heavy atom. The number of thiol groups is 1. The molecule has 0 atom stereocenters. The molecule has 0 radical (unpaired) electrons. The maximum absolute atomic E-state index is 5.90. The van der Waals surface area contributed by atoms with Gasteiger partial charge in [0.05, 0.1) is 11.4 Å². The van der Waals surface area contributed by atoms with Gasteiger partial charge < -0.3 is 4.74 Å². The van der Waals surface area contributed by atoms with Crippen LogP contribution < -0.4 is 4.74 Å². The Labute approximate surface area is 90.7 Å². The number of hydrogen-bond acceptors (Lipinski definition) is 3. The fourth-order valence-corrected chi connectivity index (χ4v) is 2.69. The third kappa shape index (κ3) is 1.52. The summed E-state index contributed by atoms with van der Waals surface area (Å²) in [5.41, 5.74) is 0. The number of benzene rings is 1. The van der Waals surface area contributed by atoms with Crippen LogP contribution in [0.2, 0.25) is 4.34 Å². The summed E-state index contributed by atoms with van der Waals surface area (Å²) in [6.45, 7) is 0. The summed E-state index contributed by atoms with van der Waals surface area (Å²) in [6, 6.07) is 5.81. The van der Waals surface area contributed by atoms with Crippen molar-refractivity contribution in [3.05, 3.63) is 22.5 Å². The van der Waals surface area contributed by atoms with Crippen molar-refractivity contribution in [2.45, 2.75) is 4.90 Å². The summed E-state index contributed by atoms with van der Waals surface area (Å²) in [6.07, 6.45) is 0. The van der Waals surface area contributed by atoms with Crippen LogP contribution in [0.1, 0.15) is 0 Å². The smallest absolute Gasteiger partial charge is 0.140 e. The zero-order valence-electron chi connectivity index (χ0n) is 6.87. The summed E-state index contributed by atoms with van der Waals surface area (Å²) < 4.78 is 7.14. The van der Waals surface area contributed by atoms with Gasteiger partial charge in [-0.3, -0.25) is 0 Å². The van der Waals surface area contributed by atoms with Crippen molar-refractivity contribution in [2.75, 3.05) is 7.11 Å². The van der Waals surface area contributed by atoms with Crippen molar-refractivity contribution >= 4 is 45.7 Å². The van der Waals surface area contributed by atoms with Crippen molar-refractivity contribution < 1.29 is 4.74 Å². The van der Waals surface area contributed by atoms with Gasteiger partial charge in [-0.05, 0) is 18.2 Å². The average Bonchev–Trinajstić information content (AvgIpc) is 2.45. The highest BCUT2D eigenvalue weighted by atomic mass is 35.5. The quantitative estimate of drug-likeness (QED) is 0.733. The number of ether oxygens (including phenoxy) is 1. The standard InChI is InChI=1S/C9H7ClOS2/c1-11-9-5-4-8(10)13-7(5)3-2-6(9)12/h2-4,12H,1H3. The first-order valence-electron chi connectivity index (χ1n) is 3.67. The van der Waals surface area contributed by atoms with E-state index in [1.165, 1.54) is 0 Å². The van der Waals surface area contributed by atoms with E-state index in [2.05, 4.69) is 12.6 Å². The van der Waals surface area contributed by atoms with Gasteiger partial charge in [0, 0.05) is 15.0 Å². The highest BCUT2D eigenvalue weighted by Crippen LogP contribution is 2.38. The number of methoxy groups -OCH3 is 1. The molecule has 0 saturated heterocycles. The molecule has 1 aromatic carbocycles. The van der Waals surface area contributed by atoms with Crippen LogP contribution >= 0.6 is 35.6 Å². The van der Waals surface area contributed by atoms with E-state index in [0.29, 0.717) is 0 Å². The highest BCUT2D eigenvalue weighted by Gasteiger charge is 2.08. The van der Waals surface area contributed by atoms with Crippen LogP contribution in [0.15, 0.2) is 23.1 Å². The fourth-order valence-electron chi connectivity index (χ4n) is 1.26. The lowest BCUT2D eigenvalue weighted by molar-refractivity contribution is 0.410. The molecule has 0 amide bonds. The van der Waals surface area contributed by atoms with Crippen molar-refractivity contribution in [1.29, 1.82) is 0 Å². The van der Waals surface area contributed by atoms with E-state index in [4.69, 9.17) is 16.3 Å². The second-order valence-corrected chi connectivity index (χ2v) is 4.78. The van der Waals surface area contributed by atoms with Crippen LogP contribution in [0.4, 0.5) is 0 Å². The topological polar surface area (TPSA) is 9.23 Å². The molecule has 1 aromatic heterocycles. The third-order valence-corrected chi connectivity index (χ3v) is 3.39. The van der Waals surface area contributed by atoms with E-state index in [-0.39, 0.29) is 0 Å². The molecule has 0 unspecified atom stereocenters. The summed E-state index contributed by atoms with van der Waals surface area (Å²) in [5.74, 6) is 0.795. The molecule has 1 nitrogen and oxygen atoms in total. The van der Waals surface area contributed by atoms with Gasteiger partial charge in [0.1, 0.15) is 5.75 Å². The van der Waals surface area contributed by atoms with E-state index in [1.54, 1.807) is 18.4 Å². The van der Waals surface area contributed by atoms with E-state index in [1.807, 2.05) is 18.2 Å². The second kappa shape index (κ2) is 3.40. The van der Waals surface area contributed by atoms with Crippen LogP contribution in [0.5, 0.6) is 5.75 Å². The Morgan fingerprint density at radius 3 is 2.92 bits per heavy atom. The van der Waals surface area contributed by atoms with Crippen LogP contribution in [0, 0.1) is 0 Å². The number of halogens is 1. The minimum atomic E-state index is 0.771. The van der Waals surface area contributed by atoms with Crippen LogP contribution in [-0.2, 0) is 0 Å². The summed E-state index contributed by atoms with van der Waals surface area (Å²) >= 11 is 11.7. The molecule has 2 aromatic rings. The Hall–Kier alpha value is -0.380. The molecule has 13 heavy (non-hydrogen) atoms. The highest BCUT2D eigenvalue weighted by molar-refractivity contribution is 7.80. The SMILES string of the molecule is COc1c(S)ccc2sc(Cl)cc12. The Balaban J connectivity index is 2.82. The molecule has 0 fully saturated rings. The first-order valence-corrected chi connectivity index (χ1v) is 5.31. The van der Waals surface area contributed by atoms with E-state index in [0.717, 1.165) is 25.1 Å². The fraction of sp³-hybridized carbons (Fsp3) is 0.111. The van der Waals surface area contributed by atoms with E-state index >= 15 is 0 Å². The third-order valence-electron chi connectivity index (χ3n) is 1.80. The van der Waals surface area contributed by atoms with Gasteiger partial charge in [-0.25, -0.2) is 0 Å². The largest absolute Gasteiger partial charge is 0.495 e. The molecule has 0 aliphatic rings. The molecule has 0 aliphatic heterocycles. The average molecular weight is 231 g/mol. The monoisotopic (exact) mass is 230 g/mol. The molecule has 0 saturated carbocycles. The molecular formula is C9H7ClOS2. The maximum Gasteiger partial charge on any atom is 0.140 e. The molecular weight excluding hydrogens is 224 g/mol. The number of fused-ring (bicyclic) bond motifs is 1. The lowest BCUT2D eigenvalue weighted by Crippen LogP contribution is -1.84. The summed E-state index contributed by atoms with van der Waals surface area (Å²) in [7, 11) is 1.64. The van der Waals surface area contributed by atoms with E-state index in [9.17, 15) is 0 Å². The Kier molecular flexibility index (Phi) is 2.41. The second-order valence-electron chi connectivity index (χ2n) is 2.58. The molecule has 0 aliphatic carbocycles. The molecule has 68 valence electrons. The Bertz CT molecular complexity index is 450. The van der Waals surface area contributed by atoms with Gasteiger partial charge in [0.15, 0.2) is 0 Å². The molecule has 4 heteroatoms. The lowest BCUT2D eigenvalue weighted by Gasteiger charge is -2.03. The first-order chi connectivity index (χ1) is 6.22. The Morgan fingerprint density at radius 1 is 1.46 bits per heavy atom. The van der Waals surface area contributed by atoms with Crippen molar-refractivity contribution in [3.63, 3.8) is 0 Å². The van der Waals surface area contributed by atoms with Gasteiger partial charge in [-0.1, -0.05) is 11.6 Å². The normalized spacial score (nSPS) is 10.7. The molecule has 2 rings (SSSR count). The molecule has 0 spiro atoms. The van der Waals surface area contributed by atoms with Gasteiger partial charge >= 0.3 is 0 Å². The zero-order chi connectivity index (χ0) is 9.42. The molecule has 1 heterocycles. The van der Waals surface area contributed by atoms with Crippen molar-refractivity contribution in [1.82, 2.24) is 0 Å². The van der Waals surface area contributed by atoms with E-state index < -0.39 is 0 Å². The predicted molar refractivity (Wildman–Crippen MR) is 60.6 cm³/mol.